The fourth-order valence-corrected chi connectivity index (χ4v) is 2.50. The summed E-state index contributed by atoms with van der Waals surface area (Å²) < 4.78 is 29.4. The Morgan fingerprint density at radius 1 is 1.23 bits per heavy atom. The fraction of sp³-hybridized carbons (Fsp3) is 0.615. The van der Waals surface area contributed by atoms with Gasteiger partial charge >= 0.3 is 5.97 Å². The van der Waals surface area contributed by atoms with Crippen LogP contribution in [0.2, 0.25) is 0 Å². The zero-order valence-corrected chi connectivity index (χ0v) is 13.8. The molecule has 8 nitrogen and oxygen atoms in total. The number of hydrogen-bond donors (Lipinski definition) is 0. The number of sulfonamides is 1. The van der Waals surface area contributed by atoms with Crippen LogP contribution < -0.4 is 0 Å². The van der Waals surface area contributed by atoms with Gasteiger partial charge in [0.05, 0.1) is 6.26 Å². The summed E-state index contributed by atoms with van der Waals surface area (Å²) in [5.74, 6) is -1.71. The molecule has 0 bridgehead atoms. The van der Waals surface area contributed by atoms with E-state index in [1.165, 1.54) is 0 Å². The Labute approximate surface area is 129 Å². The van der Waals surface area contributed by atoms with Gasteiger partial charge in [0.25, 0.3) is 11.8 Å². The number of carbonyl (C=O) groups is 3. The number of amides is 2. The molecule has 0 fully saturated rings. The second-order valence-corrected chi connectivity index (χ2v) is 7.83. The number of ether oxygens (including phenoxy) is 1. The van der Waals surface area contributed by atoms with E-state index in [4.69, 9.17) is 4.74 Å². The molecule has 1 heterocycles. The topological polar surface area (TPSA) is 101 Å². The number of carbonyl (C=O) groups excluding carboxylic acids is 3. The second-order valence-electron chi connectivity index (χ2n) is 5.84. The van der Waals surface area contributed by atoms with E-state index in [-0.39, 0.29) is 13.1 Å². The molecular weight excluding hydrogens is 312 g/mol. The molecule has 0 radical (unpaired) electrons. The van der Waals surface area contributed by atoms with E-state index in [1.54, 1.807) is 20.8 Å². The second kappa shape index (κ2) is 6.57. The average Bonchev–Trinajstić information content (AvgIpc) is 2.61. The van der Waals surface area contributed by atoms with E-state index in [1.807, 2.05) is 0 Å². The highest BCUT2D eigenvalue weighted by Gasteiger charge is 2.28. The number of rotatable bonds is 6. The van der Waals surface area contributed by atoms with Crippen molar-refractivity contribution in [2.45, 2.75) is 26.4 Å². The molecule has 1 aliphatic heterocycles. The third kappa shape index (κ3) is 5.57. The lowest BCUT2D eigenvalue weighted by Gasteiger charge is -2.24. The molecule has 9 heteroatoms. The van der Waals surface area contributed by atoms with Crippen LogP contribution in [0.4, 0.5) is 0 Å². The van der Waals surface area contributed by atoms with Crippen LogP contribution >= 0.6 is 0 Å². The molecule has 0 aromatic heterocycles. The summed E-state index contributed by atoms with van der Waals surface area (Å²) >= 11 is 0. The summed E-state index contributed by atoms with van der Waals surface area (Å²) in [6.45, 7) is 4.24. The summed E-state index contributed by atoms with van der Waals surface area (Å²) in [5, 5.41) is 0. The number of nitrogens with zero attached hydrogens (tertiary/aromatic N) is 2. The number of hydrogen-bond acceptors (Lipinski definition) is 6. The molecule has 1 rings (SSSR count). The predicted octanol–water partition coefficient (Wildman–Crippen LogP) is -0.485. The minimum absolute atomic E-state index is 0.124. The van der Waals surface area contributed by atoms with E-state index in [0.717, 1.165) is 27.6 Å². The van der Waals surface area contributed by atoms with Gasteiger partial charge in [-0.3, -0.25) is 19.3 Å². The van der Waals surface area contributed by atoms with Crippen LogP contribution in [0.5, 0.6) is 0 Å². The van der Waals surface area contributed by atoms with Gasteiger partial charge in [-0.25, -0.2) is 8.42 Å². The van der Waals surface area contributed by atoms with Crippen LogP contribution in [-0.2, 0) is 29.1 Å². The minimum atomic E-state index is -3.68. The Kier molecular flexibility index (Phi) is 5.47. The van der Waals surface area contributed by atoms with Crippen molar-refractivity contribution in [2.75, 3.05) is 25.9 Å². The van der Waals surface area contributed by atoms with Crippen molar-refractivity contribution < 1.29 is 27.5 Å². The lowest BCUT2D eigenvalue weighted by atomic mass is 10.2. The van der Waals surface area contributed by atoms with Crippen LogP contribution in [0.25, 0.3) is 0 Å². The van der Waals surface area contributed by atoms with Gasteiger partial charge < -0.3 is 4.74 Å². The standard InChI is InChI=1S/C13H20N2O6S/c1-13(2,3)21-12(18)9-14(22(4,19)20)7-8-15-10(16)5-6-11(15)17/h5-6H,7-9H2,1-4H3. The highest BCUT2D eigenvalue weighted by molar-refractivity contribution is 7.88. The summed E-state index contributed by atoms with van der Waals surface area (Å²) in [5.41, 5.74) is -0.731. The van der Waals surface area contributed by atoms with Crippen molar-refractivity contribution in [3.8, 4) is 0 Å². The lowest BCUT2D eigenvalue weighted by Crippen LogP contribution is -2.43. The van der Waals surface area contributed by atoms with Gasteiger partial charge in [-0.05, 0) is 20.8 Å². The molecule has 2 amide bonds. The maximum absolute atomic E-state index is 11.8. The Morgan fingerprint density at radius 3 is 2.14 bits per heavy atom. The SMILES string of the molecule is CC(C)(C)OC(=O)CN(CCN1C(=O)C=CC1=O)S(C)(=O)=O. The molecule has 0 saturated carbocycles. The molecule has 0 aromatic carbocycles. The lowest BCUT2D eigenvalue weighted by molar-refractivity contribution is -0.154. The third-order valence-electron chi connectivity index (χ3n) is 2.67. The van der Waals surface area contributed by atoms with Crippen LogP contribution in [0.1, 0.15) is 20.8 Å². The highest BCUT2D eigenvalue weighted by atomic mass is 32.2. The first-order valence-electron chi connectivity index (χ1n) is 6.60. The Balaban J connectivity index is 2.69. The molecular formula is C13H20N2O6S. The fourth-order valence-electron chi connectivity index (χ4n) is 1.74. The minimum Gasteiger partial charge on any atom is -0.459 e. The molecule has 0 aliphatic carbocycles. The molecule has 0 atom stereocenters. The van der Waals surface area contributed by atoms with Gasteiger partial charge in [0.15, 0.2) is 0 Å². The van der Waals surface area contributed by atoms with Crippen molar-refractivity contribution >= 4 is 27.8 Å². The zero-order valence-electron chi connectivity index (χ0n) is 13.0. The van der Waals surface area contributed by atoms with Crippen LogP contribution in [-0.4, -0.2) is 66.9 Å². The van der Waals surface area contributed by atoms with Crippen LogP contribution in [0, 0.1) is 0 Å². The molecule has 1 aliphatic rings. The smallest absolute Gasteiger partial charge is 0.321 e. The first kappa shape index (κ1) is 18.3. The van der Waals surface area contributed by atoms with Crippen LogP contribution in [0.3, 0.4) is 0 Å². The van der Waals surface area contributed by atoms with Crippen LogP contribution in [0.15, 0.2) is 12.2 Å². The molecule has 22 heavy (non-hydrogen) atoms. The van der Waals surface area contributed by atoms with Gasteiger partial charge in [0.2, 0.25) is 10.0 Å². The van der Waals surface area contributed by atoms with E-state index in [9.17, 15) is 22.8 Å². The normalized spacial score (nSPS) is 15.8. The van der Waals surface area contributed by atoms with E-state index in [0.29, 0.717) is 0 Å². The number of imide groups is 1. The van der Waals surface area contributed by atoms with E-state index >= 15 is 0 Å². The van der Waals surface area contributed by atoms with Crippen molar-refractivity contribution in [1.82, 2.24) is 9.21 Å². The van der Waals surface area contributed by atoms with Crippen molar-refractivity contribution in [3.05, 3.63) is 12.2 Å². The Morgan fingerprint density at radius 2 is 1.73 bits per heavy atom. The largest absolute Gasteiger partial charge is 0.459 e. The quantitative estimate of drug-likeness (QED) is 0.481. The van der Waals surface area contributed by atoms with E-state index in [2.05, 4.69) is 0 Å². The zero-order chi connectivity index (χ0) is 17.1. The third-order valence-corrected chi connectivity index (χ3v) is 3.92. The molecule has 0 saturated heterocycles. The van der Waals surface area contributed by atoms with E-state index < -0.39 is 40.0 Å². The number of esters is 1. The molecule has 0 N–H and O–H groups in total. The van der Waals surface area contributed by atoms with Crippen molar-refractivity contribution in [2.24, 2.45) is 0 Å². The summed E-state index contributed by atoms with van der Waals surface area (Å²) in [7, 11) is -3.68. The maximum Gasteiger partial charge on any atom is 0.321 e. The summed E-state index contributed by atoms with van der Waals surface area (Å²) in [4.78, 5) is 35.5. The van der Waals surface area contributed by atoms with Crippen molar-refractivity contribution in [1.29, 1.82) is 0 Å². The molecule has 0 unspecified atom stereocenters. The predicted molar refractivity (Wildman–Crippen MR) is 78.1 cm³/mol. The van der Waals surface area contributed by atoms with Gasteiger partial charge in [-0.2, -0.15) is 4.31 Å². The highest BCUT2D eigenvalue weighted by Crippen LogP contribution is 2.09. The Hall–Kier alpha value is -1.74. The maximum atomic E-state index is 11.8. The summed E-state index contributed by atoms with van der Waals surface area (Å²) in [6, 6.07) is 0. The Bertz CT molecular complexity index is 585. The average molecular weight is 332 g/mol. The molecule has 124 valence electrons. The molecule has 0 aromatic rings. The first-order valence-corrected chi connectivity index (χ1v) is 8.45. The molecule has 0 spiro atoms. The van der Waals surface area contributed by atoms with Gasteiger partial charge in [0.1, 0.15) is 12.1 Å². The van der Waals surface area contributed by atoms with Gasteiger partial charge in [0, 0.05) is 25.2 Å². The van der Waals surface area contributed by atoms with Gasteiger partial charge in [-0.1, -0.05) is 0 Å². The monoisotopic (exact) mass is 332 g/mol. The van der Waals surface area contributed by atoms with Crippen molar-refractivity contribution in [3.63, 3.8) is 0 Å². The van der Waals surface area contributed by atoms with Gasteiger partial charge in [-0.15, -0.1) is 0 Å². The summed E-state index contributed by atoms with van der Waals surface area (Å²) in [6.07, 6.45) is 3.17. The first-order chi connectivity index (χ1) is 9.90.